The Kier molecular flexibility index (Phi) is 4.98. The van der Waals surface area contributed by atoms with Crippen LogP contribution in [0.5, 0.6) is 0 Å². The molecule has 1 aliphatic rings. The van der Waals surface area contributed by atoms with Gasteiger partial charge in [-0.15, -0.1) is 0 Å². The van der Waals surface area contributed by atoms with Gasteiger partial charge in [0, 0.05) is 16.6 Å². The molecule has 0 spiro atoms. The number of hydrogen-bond donors (Lipinski definition) is 1. The summed E-state index contributed by atoms with van der Waals surface area (Å²) >= 11 is 5.20. The van der Waals surface area contributed by atoms with E-state index >= 15 is 0 Å². The molecule has 1 fully saturated rings. The minimum atomic E-state index is -3.39. The van der Waals surface area contributed by atoms with Gasteiger partial charge in [0.2, 0.25) is 10.0 Å². The summed E-state index contributed by atoms with van der Waals surface area (Å²) in [6, 6.07) is 6.97. The van der Waals surface area contributed by atoms with Crippen LogP contribution in [0.4, 0.5) is 0 Å². The highest BCUT2D eigenvalue weighted by atomic mass is 79.9. The Bertz CT molecular complexity index is 522. The standard InChI is InChI=1S/C13H18BrNO2S2/c1-13(7-2-8-18-13)10-15-19(16,17)12-5-3-11(9-14)4-6-12/h3-6,15H,2,7-10H2,1H3. The summed E-state index contributed by atoms with van der Waals surface area (Å²) < 4.78 is 27.2. The summed E-state index contributed by atoms with van der Waals surface area (Å²) in [6.07, 6.45) is 2.24. The van der Waals surface area contributed by atoms with E-state index in [-0.39, 0.29) is 4.75 Å². The number of nitrogens with one attached hydrogen (secondary N) is 1. The third-order valence-corrected chi connectivity index (χ3v) is 6.93. The molecule has 19 heavy (non-hydrogen) atoms. The smallest absolute Gasteiger partial charge is 0.210 e. The first-order valence-corrected chi connectivity index (χ1v) is 9.83. The van der Waals surface area contributed by atoms with Crippen molar-refractivity contribution in [3.05, 3.63) is 29.8 Å². The molecule has 1 heterocycles. The molecular formula is C13H18BrNO2S2. The van der Waals surface area contributed by atoms with E-state index in [9.17, 15) is 8.42 Å². The lowest BCUT2D eigenvalue weighted by Gasteiger charge is -2.22. The Hall–Kier alpha value is -0.0400. The molecule has 106 valence electrons. The summed E-state index contributed by atoms with van der Waals surface area (Å²) in [6.45, 7) is 2.63. The van der Waals surface area contributed by atoms with Crippen LogP contribution in [-0.4, -0.2) is 25.5 Å². The first-order valence-electron chi connectivity index (χ1n) is 6.24. The molecule has 0 saturated carbocycles. The van der Waals surface area contributed by atoms with Gasteiger partial charge in [0.25, 0.3) is 0 Å². The fourth-order valence-corrected chi connectivity index (χ4v) is 4.94. The van der Waals surface area contributed by atoms with E-state index in [2.05, 4.69) is 27.6 Å². The number of sulfonamides is 1. The van der Waals surface area contributed by atoms with Gasteiger partial charge < -0.3 is 0 Å². The molecule has 0 aromatic heterocycles. The number of thioether (sulfide) groups is 1. The molecule has 1 saturated heterocycles. The van der Waals surface area contributed by atoms with E-state index in [0.29, 0.717) is 11.4 Å². The molecule has 0 amide bonds. The van der Waals surface area contributed by atoms with Gasteiger partial charge in [-0.25, -0.2) is 13.1 Å². The molecule has 3 nitrogen and oxygen atoms in total. The van der Waals surface area contributed by atoms with Crippen LogP contribution in [0.1, 0.15) is 25.3 Å². The number of alkyl halides is 1. The Morgan fingerprint density at radius 1 is 1.37 bits per heavy atom. The average molecular weight is 364 g/mol. The van der Waals surface area contributed by atoms with Gasteiger partial charge in [-0.3, -0.25) is 0 Å². The molecule has 0 radical (unpaired) electrons. The summed E-state index contributed by atoms with van der Waals surface area (Å²) in [4.78, 5) is 0.337. The Balaban J connectivity index is 2.05. The van der Waals surface area contributed by atoms with Crippen molar-refractivity contribution in [2.45, 2.75) is 34.7 Å². The first kappa shape index (κ1) is 15.4. The second kappa shape index (κ2) is 6.16. The molecule has 1 aromatic carbocycles. The van der Waals surface area contributed by atoms with Gasteiger partial charge in [0.05, 0.1) is 4.90 Å². The molecule has 1 aliphatic heterocycles. The van der Waals surface area contributed by atoms with Crippen molar-refractivity contribution in [1.29, 1.82) is 0 Å². The van der Waals surface area contributed by atoms with E-state index in [0.717, 1.165) is 23.1 Å². The number of rotatable bonds is 5. The molecular weight excluding hydrogens is 346 g/mol. The van der Waals surface area contributed by atoms with Gasteiger partial charge in [-0.2, -0.15) is 11.8 Å². The maximum absolute atomic E-state index is 12.2. The minimum Gasteiger partial charge on any atom is -0.210 e. The van der Waals surface area contributed by atoms with Crippen LogP contribution in [0.2, 0.25) is 0 Å². The third kappa shape index (κ3) is 3.97. The fraction of sp³-hybridized carbons (Fsp3) is 0.538. The van der Waals surface area contributed by atoms with Gasteiger partial charge in [0.15, 0.2) is 0 Å². The summed E-state index contributed by atoms with van der Waals surface area (Å²) in [5.41, 5.74) is 1.07. The van der Waals surface area contributed by atoms with Crippen molar-refractivity contribution < 1.29 is 8.42 Å². The van der Waals surface area contributed by atoms with Crippen LogP contribution in [-0.2, 0) is 15.4 Å². The zero-order valence-corrected chi connectivity index (χ0v) is 14.1. The zero-order valence-electron chi connectivity index (χ0n) is 10.9. The molecule has 1 unspecified atom stereocenters. The SMILES string of the molecule is CC1(CNS(=O)(=O)c2ccc(CBr)cc2)CCCS1. The first-order chi connectivity index (χ1) is 8.95. The van der Waals surface area contributed by atoms with Crippen LogP contribution in [0.3, 0.4) is 0 Å². The lowest BCUT2D eigenvalue weighted by Crippen LogP contribution is -2.36. The molecule has 6 heteroatoms. The predicted octanol–water partition coefficient (Wildman–Crippen LogP) is 3.15. The van der Waals surface area contributed by atoms with E-state index in [1.54, 1.807) is 12.1 Å². The van der Waals surface area contributed by atoms with Gasteiger partial charge in [0.1, 0.15) is 0 Å². The average Bonchev–Trinajstić information content (AvgIpc) is 2.84. The quantitative estimate of drug-likeness (QED) is 0.817. The molecule has 0 bridgehead atoms. The fourth-order valence-electron chi connectivity index (χ4n) is 2.06. The summed E-state index contributed by atoms with van der Waals surface area (Å²) in [5, 5.41) is 0.732. The number of benzene rings is 1. The predicted molar refractivity (Wildman–Crippen MR) is 84.4 cm³/mol. The highest BCUT2D eigenvalue weighted by Crippen LogP contribution is 2.37. The van der Waals surface area contributed by atoms with Crippen molar-refractivity contribution in [2.75, 3.05) is 12.3 Å². The van der Waals surface area contributed by atoms with Gasteiger partial charge in [-0.05, 0) is 43.2 Å². The normalized spacial score (nSPS) is 23.7. The maximum atomic E-state index is 12.2. The Morgan fingerprint density at radius 3 is 2.58 bits per heavy atom. The molecule has 1 atom stereocenters. The second-order valence-corrected chi connectivity index (χ2v) is 9.01. The second-order valence-electron chi connectivity index (χ2n) is 5.00. The molecule has 2 rings (SSSR count). The van der Waals surface area contributed by atoms with Gasteiger partial charge in [-0.1, -0.05) is 28.1 Å². The number of halogens is 1. The van der Waals surface area contributed by atoms with Crippen LogP contribution in [0.25, 0.3) is 0 Å². The van der Waals surface area contributed by atoms with E-state index in [4.69, 9.17) is 0 Å². The Morgan fingerprint density at radius 2 is 2.05 bits per heavy atom. The summed E-state index contributed by atoms with van der Waals surface area (Å²) in [5.74, 6) is 1.12. The largest absolute Gasteiger partial charge is 0.240 e. The van der Waals surface area contributed by atoms with Crippen LogP contribution < -0.4 is 4.72 Å². The van der Waals surface area contributed by atoms with Crippen molar-refractivity contribution in [1.82, 2.24) is 4.72 Å². The monoisotopic (exact) mass is 363 g/mol. The zero-order chi connectivity index (χ0) is 13.9. The third-order valence-electron chi connectivity index (χ3n) is 3.32. The molecule has 1 N–H and O–H groups in total. The van der Waals surface area contributed by atoms with E-state index < -0.39 is 10.0 Å². The summed E-state index contributed by atoms with van der Waals surface area (Å²) in [7, 11) is -3.39. The van der Waals surface area contributed by atoms with Crippen LogP contribution in [0.15, 0.2) is 29.2 Å². The Labute approximate surface area is 127 Å². The lowest BCUT2D eigenvalue weighted by molar-refractivity contribution is 0.552. The minimum absolute atomic E-state index is 0.0445. The van der Waals surface area contributed by atoms with Crippen molar-refractivity contribution in [3.8, 4) is 0 Å². The molecule has 0 aliphatic carbocycles. The maximum Gasteiger partial charge on any atom is 0.240 e. The van der Waals surface area contributed by atoms with Crippen LogP contribution >= 0.6 is 27.7 Å². The van der Waals surface area contributed by atoms with E-state index in [1.165, 1.54) is 6.42 Å². The van der Waals surface area contributed by atoms with Crippen LogP contribution in [0, 0.1) is 0 Å². The van der Waals surface area contributed by atoms with Crippen molar-refractivity contribution in [2.24, 2.45) is 0 Å². The van der Waals surface area contributed by atoms with Crippen molar-refractivity contribution >= 4 is 37.7 Å². The topological polar surface area (TPSA) is 46.2 Å². The van der Waals surface area contributed by atoms with E-state index in [1.807, 2.05) is 23.9 Å². The molecule has 1 aromatic rings. The highest BCUT2D eigenvalue weighted by Gasteiger charge is 2.31. The lowest BCUT2D eigenvalue weighted by atomic mass is 10.1. The van der Waals surface area contributed by atoms with Crippen molar-refractivity contribution in [3.63, 3.8) is 0 Å². The van der Waals surface area contributed by atoms with Gasteiger partial charge >= 0.3 is 0 Å². The highest BCUT2D eigenvalue weighted by molar-refractivity contribution is 9.08. The number of hydrogen-bond acceptors (Lipinski definition) is 3.